The first-order valence-corrected chi connectivity index (χ1v) is 7.25. The first-order valence-electron chi connectivity index (χ1n) is 7.25. The Labute approximate surface area is 122 Å². The lowest BCUT2D eigenvalue weighted by Gasteiger charge is -2.29. The van der Waals surface area contributed by atoms with Crippen molar-refractivity contribution in [3.8, 4) is 11.5 Å². The summed E-state index contributed by atoms with van der Waals surface area (Å²) in [4.78, 5) is 2.39. The van der Waals surface area contributed by atoms with Crippen LogP contribution >= 0.6 is 0 Å². The van der Waals surface area contributed by atoms with Gasteiger partial charge in [-0.2, -0.15) is 0 Å². The fourth-order valence-corrected chi connectivity index (χ4v) is 2.33. The normalized spacial score (nSPS) is 12.8. The fraction of sp³-hybridized carbons (Fsp3) is 0.625. The number of nitrogens with zero attached hydrogens (tertiary/aromatic N) is 1. The zero-order valence-corrected chi connectivity index (χ0v) is 13.3. The van der Waals surface area contributed by atoms with E-state index in [4.69, 9.17) is 15.2 Å². The zero-order valence-electron chi connectivity index (χ0n) is 13.3. The van der Waals surface area contributed by atoms with Crippen LogP contribution < -0.4 is 15.2 Å². The number of ether oxygens (including phenoxy) is 2. The van der Waals surface area contributed by atoms with Gasteiger partial charge < -0.3 is 15.2 Å². The summed E-state index contributed by atoms with van der Waals surface area (Å²) in [5.41, 5.74) is 7.38. The van der Waals surface area contributed by atoms with Gasteiger partial charge in [-0.1, -0.05) is 6.92 Å². The topological polar surface area (TPSA) is 47.7 Å². The Morgan fingerprint density at radius 3 is 2.40 bits per heavy atom. The molecule has 1 unspecified atom stereocenters. The van der Waals surface area contributed by atoms with Crippen LogP contribution in [0.5, 0.6) is 11.5 Å². The SMILES string of the molecule is CCCN(CC(N)c1cc(OC)ccc1OC)C(C)C. The van der Waals surface area contributed by atoms with Gasteiger partial charge in [0.2, 0.25) is 0 Å². The van der Waals surface area contributed by atoms with Crippen LogP contribution in [0.3, 0.4) is 0 Å². The summed E-state index contributed by atoms with van der Waals surface area (Å²) >= 11 is 0. The van der Waals surface area contributed by atoms with Crippen molar-refractivity contribution >= 4 is 0 Å². The third kappa shape index (κ3) is 4.39. The Bertz CT molecular complexity index is 407. The molecule has 0 heterocycles. The molecule has 0 aliphatic heterocycles. The Balaban J connectivity index is 2.91. The molecule has 0 aliphatic carbocycles. The molecule has 20 heavy (non-hydrogen) atoms. The van der Waals surface area contributed by atoms with E-state index in [-0.39, 0.29) is 6.04 Å². The molecule has 1 aromatic rings. The molecular weight excluding hydrogens is 252 g/mol. The van der Waals surface area contributed by atoms with Crippen LogP contribution in [0.1, 0.15) is 38.8 Å². The van der Waals surface area contributed by atoms with Gasteiger partial charge in [-0.05, 0) is 45.0 Å². The maximum atomic E-state index is 6.39. The van der Waals surface area contributed by atoms with Gasteiger partial charge in [0.25, 0.3) is 0 Å². The van der Waals surface area contributed by atoms with E-state index in [1.54, 1.807) is 14.2 Å². The monoisotopic (exact) mass is 280 g/mol. The van der Waals surface area contributed by atoms with Crippen molar-refractivity contribution in [2.75, 3.05) is 27.3 Å². The molecule has 0 fully saturated rings. The molecule has 0 aliphatic rings. The van der Waals surface area contributed by atoms with E-state index in [1.165, 1.54) is 0 Å². The van der Waals surface area contributed by atoms with Gasteiger partial charge in [0, 0.05) is 24.2 Å². The Morgan fingerprint density at radius 2 is 1.90 bits per heavy atom. The van der Waals surface area contributed by atoms with Gasteiger partial charge in [-0.15, -0.1) is 0 Å². The van der Waals surface area contributed by atoms with E-state index in [9.17, 15) is 0 Å². The molecule has 0 radical (unpaired) electrons. The van der Waals surface area contributed by atoms with Gasteiger partial charge in [0.1, 0.15) is 11.5 Å². The summed E-state index contributed by atoms with van der Waals surface area (Å²) in [6, 6.07) is 6.16. The fourth-order valence-electron chi connectivity index (χ4n) is 2.33. The quantitative estimate of drug-likeness (QED) is 0.795. The number of rotatable bonds is 8. The molecule has 0 spiro atoms. The van der Waals surface area contributed by atoms with Crippen molar-refractivity contribution in [2.24, 2.45) is 5.73 Å². The molecule has 4 nitrogen and oxygen atoms in total. The minimum atomic E-state index is -0.0889. The van der Waals surface area contributed by atoms with Crippen LogP contribution in [0.15, 0.2) is 18.2 Å². The maximum absolute atomic E-state index is 6.39. The lowest BCUT2D eigenvalue weighted by Crippen LogP contribution is -2.37. The molecule has 0 amide bonds. The summed E-state index contributed by atoms with van der Waals surface area (Å²) < 4.78 is 10.7. The van der Waals surface area contributed by atoms with E-state index in [0.717, 1.165) is 36.6 Å². The maximum Gasteiger partial charge on any atom is 0.123 e. The van der Waals surface area contributed by atoms with Gasteiger partial charge in [-0.3, -0.25) is 4.90 Å². The van der Waals surface area contributed by atoms with Gasteiger partial charge in [0.05, 0.1) is 14.2 Å². The van der Waals surface area contributed by atoms with E-state index >= 15 is 0 Å². The van der Waals surface area contributed by atoms with Gasteiger partial charge in [-0.25, -0.2) is 0 Å². The first-order chi connectivity index (χ1) is 9.53. The Kier molecular flexibility index (Phi) is 6.82. The smallest absolute Gasteiger partial charge is 0.123 e. The largest absolute Gasteiger partial charge is 0.497 e. The molecule has 0 saturated heterocycles. The number of hydrogen-bond acceptors (Lipinski definition) is 4. The lowest BCUT2D eigenvalue weighted by molar-refractivity contribution is 0.207. The van der Waals surface area contributed by atoms with Gasteiger partial charge >= 0.3 is 0 Å². The van der Waals surface area contributed by atoms with E-state index in [0.29, 0.717) is 6.04 Å². The molecule has 1 atom stereocenters. The third-order valence-corrected chi connectivity index (χ3v) is 3.51. The molecule has 114 valence electrons. The zero-order chi connectivity index (χ0) is 15.1. The van der Waals surface area contributed by atoms with Crippen LogP contribution in [0.4, 0.5) is 0 Å². The predicted molar refractivity (Wildman–Crippen MR) is 83.5 cm³/mol. The lowest BCUT2D eigenvalue weighted by atomic mass is 10.0. The number of methoxy groups -OCH3 is 2. The van der Waals surface area contributed by atoms with E-state index < -0.39 is 0 Å². The Morgan fingerprint density at radius 1 is 1.20 bits per heavy atom. The average Bonchev–Trinajstić information content (AvgIpc) is 2.45. The van der Waals surface area contributed by atoms with Crippen LogP contribution in [0.2, 0.25) is 0 Å². The summed E-state index contributed by atoms with van der Waals surface area (Å²) in [6.07, 6.45) is 1.13. The molecular formula is C16H28N2O2. The molecule has 4 heteroatoms. The van der Waals surface area contributed by atoms with Crippen molar-refractivity contribution in [1.29, 1.82) is 0 Å². The molecule has 1 aromatic carbocycles. The van der Waals surface area contributed by atoms with Crippen LogP contribution in [-0.2, 0) is 0 Å². The summed E-state index contributed by atoms with van der Waals surface area (Å²) in [6.45, 7) is 8.45. The van der Waals surface area contributed by atoms with Crippen LogP contribution in [0.25, 0.3) is 0 Å². The number of hydrogen-bond donors (Lipinski definition) is 1. The van der Waals surface area contributed by atoms with E-state index in [2.05, 4.69) is 25.7 Å². The summed E-state index contributed by atoms with van der Waals surface area (Å²) in [5.74, 6) is 1.63. The number of benzene rings is 1. The molecule has 1 rings (SSSR count). The first kappa shape index (κ1) is 16.8. The highest BCUT2D eigenvalue weighted by atomic mass is 16.5. The molecule has 2 N–H and O–H groups in total. The van der Waals surface area contributed by atoms with Crippen molar-refractivity contribution < 1.29 is 9.47 Å². The van der Waals surface area contributed by atoms with Crippen LogP contribution in [-0.4, -0.2) is 38.3 Å². The standard InChI is InChI=1S/C16H28N2O2/c1-6-9-18(12(2)3)11-15(17)14-10-13(19-4)7-8-16(14)20-5/h7-8,10,12,15H,6,9,11,17H2,1-5H3. The second-order valence-corrected chi connectivity index (χ2v) is 5.30. The second kappa shape index (κ2) is 8.12. The van der Waals surface area contributed by atoms with Gasteiger partial charge in [0.15, 0.2) is 0 Å². The molecule has 0 bridgehead atoms. The number of nitrogens with two attached hydrogens (primary N) is 1. The van der Waals surface area contributed by atoms with E-state index in [1.807, 2.05) is 18.2 Å². The molecule has 0 saturated carbocycles. The summed E-state index contributed by atoms with van der Waals surface area (Å²) in [7, 11) is 3.33. The Hall–Kier alpha value is -1.26. The van der Waals surface area contributed by atoms with Crippen molar-refractivity contribution in [3.05, 3.63) is 23.8 Å². The minimum absolute atomic E-state index is 0.0889. The highest BCUT2D eigenvalue weighted by Gasteiger charge is 2.18. The molecule has 0 aromatic heterocycles. The van der Waals surface area contributed by atoms with Crippen molar-refractivity contribution in [3.63, 3.8) is 0 Å². The minimum Gasteiger partial charge on any atom is -0.497 e. The summed E-state index contributed by atoms with van der Waals surface area (Å²) in [5, 5.41) is 0. The van der Waals surface area contributed by atoms with Crippen molar-refractivity contribution in [2.45, 2.75) is 39.3 Å². The highest BCUT2D eigenvalue weighted by molar-refractivity contribution is 5.42. The average molecular weight is 280 g/mol. The second-order valence-electron chi connectivity index (χ2n) is 5.30. The van der Waals surface area contributed by atoms with Crippen LogP contribution in [0, 0.1) is 0 Å². The highest BCUT2D eigenvalue weighted by Crippen LogP contribution is 2.29. The third-order valence-electron chi connectivity index (χ3n) is 3.51. The van der Waals surface area contributed by atoms with Crippen molar-refractivity contribution in [1.82, 2.24) is 4.90 Å². The predicted octanol–water partition coefficient (Wildman–Crippen LogP) is 2.82.